The summed E-state index contributed by atoms with van der Waals surface area (Å²) in [6, 6.07) is 12.8. The van der Waals surface area contributed by atoms with Crippen LogP contribution in [0.25, 0.3) is 0 Å². The van der Waals surface area contributed by atoms with Crippen molar-refractivity contribution in [3.8, 4) is 0 Å². The Balaban J connectivity index is 1.69. The van der Waals surface area contributed by atoms with Crippen molar-refractivity contribution in [3.05, 3.63) is 47.8 Å². The van der Waals surface area contributed by atoms with Gasteiger partial charge in [0.25, 0.3) is 0 Å². The van der Waals surface area contributed by atoms with Gasteiger partial charge >= 0.3 is 0 Å². The van der Waals surface area contributed by atoms with Crippen LogP contribution in [0.5, 0.6) is 0 Å². The van der Waals surface area contributed by atoms with Crippen molar-refractivity contribution in [2.24, 2.45) is 5.84 Å². The second kappa shape index (κ2) is 4.85. The summed E-state index contributed by atoms with van der Waals surface area (Å²) in [7, 11) is 0. The number of anilines is 2. The number of benzene rings is 1. The van der Waals surface area contributed by atoms with Crippen molar-refractivity contribution in [1.82, 2.24) is 9.97 Å². The summed E-state index contributed by atoms with van der Waals surface area (Å²) in [5, 5.41) is 3.43. The van der Waals surface area contributed by atoms with Crippen molar-refractivity contribution >= 4 is 11.6 Å². The minimum Gasteiger partial charge on any atom is -0.367 e. The molecule has 1 saturated carbocycles. The summed E-state index contributed by atoms with van der Waals surface area (Å²) in [5.74, 6) is 8.12. The maximum Gasteiger partial charge on any atom is 0.145 e. The molecule has 1 aromatic carbocycles. The van der Waals surface area contributed by atoms with Gasteiger partial charge in [-0.1, -0.05) is 30.3 Å². The van der Waals surface area contributed by atoms with E-state index in [0.717, 1.165) is 12.2 Å². The first-order valence-corrected chi connectivity index (χ1v) is 6.40. The minimum absolute atomic E-state index is 0.447. The summed E-state index contributed by atoms with van der Waals surface area (Å²) in [6.45, 7) is 1.85. The molecular weight excluding hydrogens is 238 g/mol. The molecular formula is C14H17N5. The third-order valence-electron chi connectivity index (χ3n) is 3.34. The molecule has 2 aromatic rings. The fourth-order valence-corrected chi connectivity index (χ4v) is 2.33. The number of aryl methyl sites for hydroxylation is 1. The highest BCUT2D eigenvalue weighted by molar-refractivity contribution is 5.49. The molecule has 5 heteroatoms. The first kappa shape index (κ1) is 11.9. The van der Waals surface area contributed by atoms with Crippen LogP contribution in [-0.4, -0.2) is 16.0 Å². The monoisotopic (exact) mass is 255 g/mol. The molecule has 19 heavy (non-hydrogen) atoms. The van der Waals surface area contributed by atoms with Gasteiger partial charge in [-0.05, 0) is 18.9 Å². The van der Waals surface area contributed by atoms with Crippen LogP contribution in [0, 0.1) is 6.92 Å². The Hall–Kier alpha value is -2.14. The molecule has 1 fully saturated rings. The molecule has 2 unspecified atom stereocenters. The second-order valence-corrected chi connectivity index (χ2v) is 4.83. The average Bonchev–Trinajstić information content (AvgIpc) is 3.18. The lowest BCUT2D eigenvalue weighted by Gasteiger charge is -2.08. The topological polar surface area (TPSA) is 75.9 Å². The van der Waals surface area contributed by atoms with Gasteiger partial charge in [0.2, 0.25) is 0 Å². The van der Waals surface area contributed by atoms with E-state index in [2.05, 4.69) is 45.0 Å². The van der Waals surface area contributed by atoms with Gasteiger partial charge in [-0.2, -0.15) is 0 Å². The number of hydrogen-bond acceptors (Lipinski definition) is 5. The number of nitrogen functional groups attached to an aromatic ring is 1. The second-order valence-electron chi connectivity index (χ2n) is 4.83. The molecule has 4 N–H and O–H groups in total. The van der Waals surface area contributed by atoms with Crippen LogP contribution in [-0.2, 0) is 0 Å². The summed E-state index contributed by atoms with van der Waals surface area (Å²) < 4.78 is 0. The van der Waals surface area contributed by atoms with E-state index in [1.807, 2.05) is 19.1 Å². The molecule has 0 aliphatic heterocycles. The fraction of sp³-hybridized carbons (Fsp3) is 0.286. The fourth-order valence-electron chi connectivity index (χ4n) is 2.33. The molecule has 0 bridgehead atoms. The quantitative estimate of drug-likeness (QED) is 0.576. The zero-order valence-corrected chi connectivity index (χ0v) is 10.8. The molecule has 1 heterocycles. The number of nitrogens with zero attached hydrogens (tertiary/aromatic N) is 2. The highest BCUT2D eigenvalue weighted by atomic mass is 15.3. The number of aromatic nitrogens is 2. The number of nitrogens with one attached hydrogen (secondary N) is 2. The van der Waals surface area contributed by atoms with Gasteiger partial charge in [0.1, 0.15) is 17.5 Å². The molecule has 1 aliphatic carbocycles. The zero-order valence-electron chi connectivity index (χ0n) is 10.8. The molecule has 98 valence electrons. The van der Waals surface area contributed by atoms with Crippen molar-refractivity contribution in [2.75, 3.05) is 10.7 Å². The first-order valence-electron chi connectivity index (χ1n) is 6.40. The molecule has 0 saturated heterocycles. The van der Waals surface area contributed by atoms with Crippen LogP contribution in [0.2, 0.25) is 0 Å². The Morgan fingerprint density at radius 3 is 2.63 bits per heavy atom. The lowest BCUT2D eigenvalue weighted by Crippen LogP contribution is -2.12. The van der Waals surface area contributed by atoms with E-state index in [9.17, 15) is 0 Å². The van der Waals surface area contributed by atoms with E-state index in [-0.39, 0.29) is 0 Å². The Morgan fingerprint density at radius 2 is 1.89 bits per heavy atom. The standard InChI is InChI=1S/C14H17N5/c1-9-16-13(8-14(17-9)19-15)18-12-7-11(12)10-5-3-2-4-6-10/h2-6,8,11-12H,7,15H2,1H3,(H2,16,17,18,19). The maximum absolute atomic E-state index is 5.38. The molecule has 0 amide bonds. The largest absolute Gasteiger partial charge is 0.367 e. The average molecular weight is 255 g/mol. The number of nitrogens with two attached hydrogens (primary N) is 1. The maximum atomic E-state index is 5.38. The van der Waals surface area contributed by atoms with Crippen molar-refractivity contribution in [2.45, 2.75) is 25.3 Å². The van der Waals surface area contributed by atoms with Gasteiger partial charge in [0, 0.05) is 18.0 Å². The Morgan fingerprint density at radius 1 is 1.16 bits per heavy atom. The van der Waals surface area contributed by atoms with E-state index in [4.69, 9.17) is 5.84 Å². The van der Waals surface area contributed by atoms with Gasteiger partial charge in [-0.3, -0.25) is 0 Å². The molecule has 5 nitrogen and oxygen atoms in total. The van der Waals surface area contributed by atoms with Crippen LogP contribution in [0.3, 0.4) is 0 Å². The van der Waals surface area contributed by atoms with Gasteiger partial charge in [0.05, 0.1) is 0 Å². The van der Waals surface area contributed by atoms with Crippen LogP contribution >= 0.6 is 0 Å². The van der Waals surface area contributed by atoms with Gasteiger partial charge < -0.3 is 10.7 Å². The third-order valence-corrected chi connectivity index (χ3v) is 3.34. The molecule has 2 atom stereocenters. The van der Waals surface area contributed by atoms with Crippen LogP contribution in [0.4, 0.5) is 11.6 Å². The van der Waals surface area contributed by atoms with E-state index < -0.39 is 0 Å². The number of hydrogen-bond donors (Lipinski definition) is 3. The summed E-state index contributed by atoms with van der Waals surface area (Å²) >= 11 is 0. The number of rotatable bonds is 4. The normalized spacial score (nSPS) is 20.9. The number of hydrazine groups is 1. The smallest absolute Gasteiger partial charge is 0.145 e. The van der Waals surface area contributed by atoms with Crippen molar-refractivity contribution in [1.29, 1.82) is 0 Å². The Labute approximate surface area is 112 Å². The predicted octanol–water partition coefficient (Wildman–Crippen LogP) is 2.04. The molecule has 3 rings (SSSR count). The van der Waals surface area contributed by atoms with Gasteiger partial charge in [0.15, 0.2) is 0 Å². The third kappa shape index (κ3) is 2.66. The molecule has 0 spiro atoms. The lowest BCUT2D eigenvalue weighted by atomic mass is 10.1. The van der Waals surface area contributed by atoms with Crippen molar-refractivity contribution < 1.29 is 0 Å². The van der Waals surface area contributed by atoms with E-state index in [1.165, 1.54) is 5.56 Å². The summed E-state index contributed by atoms with van der Waals surface area (Å²) in [6.07, 6.45) is 1.14. The van der Waals surface area contributed by atoms with Crippen LogP contribution in [0.1, 0.15) is 23.7 Å². The molecule has 0 radical (unpaired) electrons. The highest BCUT2D eigenvalue weighted by Crippen LogP contribution is 2.42. The van der Waals surface area contributed by atoms with Crippen molar-refractivity contribution in [3.63, 3.8) is 0 Å². The first-order chi connectivity index (χ1) is 9.26. The Bertz CT molecular complexity index is 569. The van der Waals surface area contributed by atoms with E-state index >= 15 is 0 Å². The SMILES string of the molecule is Cc1nc(NN)cc(NC2CC2c2ccccc2)n1. The Kier molecular flexibility index (Phi) is 3.05. The minimum atomic E-state index is 0.447. The van der Waals surface area contributed by atoms with E-state index in [0.29, 0.717) is 23.6 Å². The molecule has 1 aliphatic rings. The zero-order chi connectivity index (χ0) is 13.2. The van der Waals surface area contributed by atoms with Gasteiger partial charge in [-0.25, -0.2) is 15.8 Å². The van der Waals surface area contributed by atoms with Crippen LogP contribution in [0.15, 0.2) is 36.4 Å². The predicted molar refractivity (Wildman–Crippen MR) is 75.8 cm³/mol. The molecule has 1 aromatic heterocycles. The summed E-state index contributed by atoms with van der Waals surface area (Å²) in [5.41, 5.74) is 3.93. The van der Waals surface area contributed by atoms with Gasteiger partial charge in [-0.15, -0.1) is 0 Å². The highest BCUT2D eigenvalue weighted by Gasteiger charge is 2.38. The van der Waals surface area contributed by atoms with Crippen LogP contribution < -0.4 is 16.6 Å². The van der Waals surface area contributed by atoms with E-state index in [1.54, 1.807) is 0 Å². The summed E-state index contributed by atoms with van der Waals surface area (Å²) in [4.78, 5) is 8.54. The lowest BCUT2D eigenvalue weighted by molar-refractivity contribution is 0.992.